The lowest BCUT2D eigenvalue weighted by atomic mass is 10.1. The van der Waals surface area contributed by atoms with Gasteiger partial charge in [-0.1, -0.05) is 65.6 Å². The fourth-order valence-electron chi connectivity index (χ4n) is 2.70. The van der Waals surface area contributed by atoms with Crippen molar-refractivity contribution in [2.45, 2.75) is 33.1 Å². The first-order chi connectivity index (χ1) is 14.1. The predicted molar refractivity (Wildman–Crippen MR) is 121 cm³/mol. The van der Waals surface area contributed by atoms with Crippen molar-refractivity contribution in [2.24, 2.45) is 5.16 Å². The first-order valence-corrected chi connectivity index (χ1v) is 10.5. The van der Waals surface area contributed by atoms with E-state index in [4.69, 9.17) is 37.5 Å². The molecule has 2 aromatic carbocycles. The molecule has 156 valence electrons. The highest BCUT2D eigenvalue weighted by Crippen LogP contribution is 2.30. The van der Waals surface area contributed by atoms with Crippen molar-refractivity contribution in [3.8, 4) is 11.5 Å². The summed E-state index contributed by atoms with van der Waals surface area (Å²) in [7, 11) is 0. The minimum Gasteiger partial charge on any atom is -0.493 e. The Balaban J connectivity index is 1.73. The topological polar surface area (TPSA) is 40.0 Å². The van der Waals surface area contributed by atoms with Crippen molar-refractivity contribution in [3.63, 3.8) is 0 Å². The van der Waals surface area contributed by atoms with Gasteiger partial charge in [-0.3, -0.25) is 0 Å². The maximum Gasteiger partial charge on any atom is 0.125 e. The first-order valence-electron chi connectivity index (χ1n) is 9.70. The first kappa shape index (κ1) is 23.1. The Bertz CT molecular complexity index is 803. The normalized spacial score (nSPS) is 10.8. The minimum atomic E-state index is 0.201. The standard InChI is InChI=1S/C23H27Cl2NO3/c1-3-20-16-21(27-14-11-22(24)25)15-18(2)23(20)28-12-7-8-13-29-26-17-19-9-5-4-6-10-19/h4-6,9-11,15-17H,3,7-8,12-14H2,1-2H3. The van der Waals surface area contributed by atoms with Gasteiger partial charge in [0.05, 0.1) is 12.8 Å². The molecule has 0 aromatic heterocycles. The van der Waals surface area contributed by atoms with Crippen LogP contribution in [0.15, 0.2) is 58.2 Å². The average Bonchev–Trinajstić information content (AvgIpc) is 2.71. The second-order valence-electron chi connectivity index (χ2n) is 6.42. The number of nitrogens with zero attached hydrogens (tertiary/aromatic N) is 1. The number of oxime groups is 1. The fraction of sp³-hybridized carbons (Fsp3) is 0.348. The molecule has 29 heavy (non-hydrogen) atoms. The summed E-state index contributed by atoms with van der Waals surface area (Å²) in [5.74, 6) is 1.70. The van der Waals surface area contributed by atoms with Crippen molar-refractivity contribution in [1.29, 1.82) is 0 Å². The smallest absolute Gasteiger partial charge is 0.125 e. The highest BCUT2D eigenvalue weighted by atomic mass is 35.5. The Morgan fingerprint density at radius 3 is 2.52 bits per heavy atom. The molecule has 0 aliphatic carbocycles. The van der Waals surface area contributed by atoms with E-state index in [1.54, 1.807) is 12.3 Å². The summed E-state index contributed by atoms with van der Waals surface area (Å²) in [6.07, 6.45) is 5.95. The van der Waals surface area contributed by atoms with E-state index in [0.29, 0.717) is 19.8 Å². The van der Waals surface area contributed by atoms with Gasteiger partial charge in [0, 0.05) is 0 Å². The van der Waals surface area contributed by atoms with Gasteiger partial charge in [-0.2, -0.15) is 0 Å². The number of rotatable bonds is 12. The second-order valence-corrected chi connectivity index (χ2v) is 7.43. The number of benzene rings is 2. The summed E-state index contributed by atoms with van der Waals surface area (Å²) in [5, 5.41) is 3.98. The molecule has 0 N–H and O–H groups in total. The molecule has 0 amide bonds. The highest BCUT2D eigenvalue weighted by molar-refractivity contribution is 6.55. The van der Waals surface area contributed by atoms with Crippen LogP contribution in [0.25, 0.3) is 0 Å². The molecular weight excluding hydrogens is 409 g/mol. The zero-order chi connectivity index (χ0) is 20.9. The lowest BCUT2D eigenvalue weighted by Crippen LogP contribution is -2.04. The molecule has 0 fully saturated rings. The quantitative estimate of drug-likeness (QED) is 0.218. The van der Waals surface area contributed by atoms with E-state index in [1.807, 2.05) is 49.4 Å². The van der Waals surface area contributed by atoms with E-state index < -0.39 is 0 Å². The van der Waals surface area contributed by atoms with Crippen molar-refractivity contribution < 1.29 is 14.3 Å². The molecule has 0 saturated heterocycles. The maximum atomic E-state index is 6.03. The zero-order valence-electron chi connectivity index (χ0n) is 16.9. The van der Waals surface area contributed by atoms with Gasteiger partial charge in [0.25, 0.3) is 0 Å². The third-order valence-electron chi connectivity index (χ3n) is 4.15. The maximum absolute atomic E-state index is 6.03. The van der Waals surface area contributed by atoms with Gasteiger partial charge in [0.1, 0.15) is 29.2 Å². The van der Waals surface area contributed by atoms with Gasteiger partial charge < -0.3 is 14.3 Å². The van der Waals surface area contributed by atoms with E-state index in [9.17, 15) is 0 Å². The average molecular weight is 436 g/mol. The predicted octanol–water partition coefficient (Wildman–Crippen LogP) is 6.46. The molecule has 0 unspecified atom stereocenters. The number of ether oxygens (including phenoxy) is 2. The van der Waals surface area contributed by atoms with Crippen LogP contribution in [-0.4, -0.2) is 26.0 Å². The molecule has 2 rings (SSSR count). The summed E-state index contributed by atoms with van der Waals surface area (Å²) in [6.45, 7) is 5.64. The van der Waals surface area contributed by atoms with E-state index in [1.165, 1.54) is 0 Å². The van der Waals surface area contributed by atoms with Gasteiger partial charge in [-0.15, -0.1) is 0 Å². The van der Waals surface area contributed by atoms with E-state index in [2.05, 4.69) is 12.1 Å². The van der Waals surface area contributed by atoms with Crippen molar-refractivity contribution >= 4 is 29.4 Å². The van der Waals surface area contributed by atoms with Crippen LogP contribution < -0.4 is 9.47 Å². The molecule has 0 atom stereocenters. The van der Waals surface area contributed by atoms with E-state index in [0.717, 1.165) is 47.5 Å². The van der Waals surface area contributed by atoms with Crippen molar-refractivity contribution in [1.82, 2.24) is 0 Å². The van der Waals surface area contributed by atoms with Gasteiger partial charge >= 0.3 is 0 Å². The van der Waals surface area contributed by atoms with Gasteiger partial charge in [0.15, 0.2) is 0 Å². The molecule has 0 saturated carbocycles. The van der Waals surface area contributed by atoms with Gasteiger partial charge in [0.2, 0.25) is 0 Å². The summed E-state index contributed by atoms with van der Waals surface area (Å²) in [4.78, 5) is 5.30. The Morgan fingerprint density at radius 1 is 1.03 bits per heavy atom. The Morgan fingerprint density at radius 2 is 1.79 bits per heavy atom. The van der Waals surface area contributed by atoms with Crippen molar-refractivity contribution in [2.75, 3.05) is 19.8 Å². The van der Waals surface area contributed by atoms with E-state index in [-0.39, 0.29) is 4.49 Å². The molecular formula is C23H27Cl2NO3. The third kappa shape index (κ3) is 8.80. The second kappa shape index (κ2) is 13.1. The molecule has 0 aliphatic rings. The Kier molecular flexibility index (Phi) is 10.5. The lowest BCUT2D eigenvalue weighted by Gasteiger charge is -2.15. The molecule has 4 nitrogen and oxygen atoms in total. The molecule has 6 heteroatoms. The minimum absolute atomic E-state index is 0.201. The van der Waals surface area contributed by atoms with Crippen LogP contribution in [0.4, 0.5) is 0 Å². The number of halogens is 2. The molecule has 0 bridgehead atoms. The molecule has 0 heterocycles. The summed E-state index contributed by atoms with van der Waals surface area (Å²) in [5.41, 5.74) is 3.18. The highest BCUT2D eigenvalue weighted by Gasteiger charge is 2.09. The molecule has 0 aliphatic heterocycles. The molecule has 0 radical (unpaired) electrons. The largest absolute Gasteiger partial charge is 0.493 e. The van der Waals surface area contributed by atoms with Crippen LogP contribution in [0, 0.1) is 6.92 Å². The lowest BCUT2D eigenvalue weighted by molar-refractivity contribution is 0.137. The van der Waals surface area contributed by atoms with Crippen LogP contribution in [0.2, 0.25) is 0 Å². The number of hydrogen-bond acceptors (Lipinski definition) is 4. The SMILES string of the molecule is CCc1cc(OCC=C(Cl)Cl)cc(C)c1OCCCCON=Cc1ccccc1. The van der Waals surface area contributed by atoms with Gasteiger partial charge in [-0.25, -0.2) is 0 Å². The van der Waals surface area contributed by atoms with Crippen LogP contribution in [-0.2, 0) is 11.3 Å². The molecule has 0 spiro atoms. The van der Waals surface area contributed by atoms with Crippen LogP contribution >= 0.6 is 23.2 Å². The number of unbranched alkanes of at least 4 members (excludes halogenated alkanes) is 1. The van der Waals surface area contributed by atoms with Crippen LogP contribution in [0.5, 0.6) is 11.5 Å². The summed E-state index contributed by atoms with van der Waals surface area (Å²) in [6, 6.07) is 13.8. The fourth-order valence-corrected chi connectivity index (χ4v) is 2.82. The van der Waals surface area contributed by atoms with E-state index >= 15 is 0 Å². The summed E-state index contributed by atoms with van der Waals surface area (Å²) >= 11 is 11.2. The third-order valence-corrected chi connectivity index (χ3v) is 4.45. The van der Waals surface area contributed by atoms with Crippen LogP contribution in [0.1, 0.15) is 36.5 Å². The monoisotopic (exact) mass is 435 g/mol. The number of aryl methyl sites for hydroxylation is 2. The molecule has 2 aromatic rings. The van der Waals surface area contributed by atoms with Gasteiger partial charge in [-0.05, 0) is 61.1 Å². The Hall–Kier alpha value is -2.17. The summed E-state index contributed by atoms with van der Waals surface area (Å²) < 4.78 is 11.9. The zero-order valence-corrected chi connectivity index (χ0v) is 18.4. The number of hydrogen-bond donors (Lipinski definition) is 0. The van der Waals surface area contributed by atoms with Crippen molar-refractivity contribution in [3.05, 3.63) is 69.7 Å². The Labute approximate surface area is 183 Å². The van der Waals surface area contributed by atoms with Crippen LogP contribution in [0.3, 0.4) is 0 Å².